The molecule has 51 heavy (non-hydrogen) atoms. The Hall–Kier alpha value is -3.48. The van der Waals surface area contributed by atoms with Crippen LogP contribution in [0.2, 0.25) is 0 Å². The van der Waals surface area contributed by atoms with E-state index in [1.54, 1.807) is 18.3 Å². The van der Waals surface area contributed by atoms with Crippen molar-refractivity contribution in [1.82, 2.24) is 29.2 Å². The summed E-state index contributed by atoms with van der Waals surface area (Å²) < 4.78 is 37.6. The quantitative estimate of drug-likeness (QED) is 0.174. The lowest BCUT2D eigenvalue weighted by atomic mass is 9.77. The van der Waals surface area contributed by atoms with Crippen molar-refractivity contribution < 1.29 is 22.6 Å². The third kappa shape index (κ3) is 9.50. The second-order valence-electron chi connectivity index (χ2n) is 16.2. The van der Waals surface area contributed by atoms with E-state index in [1.807, 2.05) is 29.7 Å². The molecule has 4 unspecified atom stereocenters. The normalized spacial score (nSPS) is 20.6. The van der Waals surface area contributed by atoms with Crippen LogP contribution < -0.4 is 5.32 Å². The summed E-state index contributed by atoms with van der Waals surface area (Å²) >= 11 is 0. The Labute approximate surface area is 304 Å². The van der Waals surface area contributed by atoms with Crippen molar-refractivity contribution >= 4 is 21.9 Å². The molecule has 1 aromatic carbocycles. The molecule has 2 aliphatic heterocycles. The van der Waals surface area contributed by atoms with Crippen LogP contribution in [0.15, 0.2) is 66.3 Å². The highest BCUT2D eigenvalue weighted by atomic mass is 32.2. The second kappa shape index (κ2) is 15.6. The van der Waals surface area contributed by atoms with Crippen LogP contribution in [0, 0.1) is 0 Å². The number of rotatable bonds is 15. The first-order chi connectivity index (χ1) is 24.0. The molecule has 0 radical (unpaired) electrons. The standard InChI is InChI=1S/C39H58N6O5S/c1-8-33(44-19-16-40-27-44)23-34(45-17-9-10-37(45)47)22-31(30-11-13-35(14-12-30)51(48,49)50)20-28(2)43-18-15-29(26-43)21-36(46)41-32-24-38(3,4)42(7)39(5,6)25-32/h11-16,18-19,26-28,31-34H,8-10,17,20-25H2,1-7H3,(H,41,46)(H,48,49,50). The summed E-state index contributed by atoms with van der Waals surface area (Å²) in [6.45, 7) is 14.0. The highest BCUT2D eigenvalue weighted by molar-refractivity contribution is 7.85. The van der Waals surface area contributed by atoms with Gasteiger partial charge >= 0.3 is 0 Å². The molecular weight excluding hydrogens is 665 g/mol. The van der Waals surface area contributed by atoms with E-state index < -0.39 is 10.1 Å². The van der Waals surface area contributed by atoms with Gasteiger partial charge in [0, 0.05) is 73.0 Å². The molecule has 5 rings (SSSR count). The van der Waals surface area contributed by atoms with Crippen LogP contribution in [0.4, 0.5) is 0 Å². The van der Waals surface area contributed by atoms with E-state index in [2.05, 4.69) is 79.1 Å². The van der Waals surface area contributed by atoms with Gasteiger partial charge in [-0.15, -0.1) is 0 Å². The van der Waals surface area contributed by atoms with Crippen molar-refractivity contribution in [1.29, 1.82) is 0 Å². The molecule has 280 valence electrons. The molecule has 11 nitrogen and oxygen atoms in total. The molecule has 2 amide bonds. The van der Waals surface area contributed by atoms with E-state index in [4.69, 9.17) is 0 Å². The highest BCUT2D eigenvalue weighted by Crippen LogP contribution is 2.38. The smallest absolute Gasteiger partial charge is 0.294 e. The van der Waals surface area contributed by atoms with Gasteiger partial charge in [0.2, 0.25) is 11.8 Å². The predicted molar refractivity (Wildman–Crippen MR) is 199 cm³/mol. The highest BCUT2D eigenvalue weighted by Gasteiger charge is 2.43. The molecule has 2 N–H and O–H groups in total. The fourth-order valence-electron chi connectivity index (χ4n) is 8.62. The number of piperidine rings is 1. The number of aromatic nitrogens is 3. The van der Waals surface area contributed by atoms with Gasteiger partial charge in [0.25, 0.3) is 10.1 Å². The molecule has 12 heteroatoms. The first-order valence-electron chi connectivity index (χ1n) is 18.5. The number of hydrogen-bond acceptors (Lipinski definition) is 6. The molecule has 3 aromatic rings. The summed E-state index contributed by atoms with van der Waals surface area (Å²) in [5.41, 5.74) is 1.88. The molecule has 0 bridgehead atoms. The molecule has 2 aliphatic rings. The Morgan fingerprint density at radius 1 is 1.00 bits per heavy atom. The average Bonchev–Trinajstić information content (AvgIpc) is 3.84. The summed E-state index contributed by atoms with van der Waals surface area (Å²) in [5, 5.41) is 3.32. The molecule has 4 atom stereocenters. The van der Waals surface area contributed by atoms with Crippen LogP contribution in [-0.4, -0.2) is 85.5 Å². The maximum Gasteiger partial charge on any atom is 0.294 e. The number of carbonyl (C=O) groups excluding carboxylic acids is 2. The Bertz CT molecular complexity index is 1710. The van der Waals surface area contributed by atoms with Gasteiger partial charge in [-0.3, -0.25) is 19.0 Å². The summed E-state index contributed by atoms with van der Waals surface area (Å²) in [5.74, 6) is 0.189. The summed E-state index contributed by atoms with van der Waals surface area (Å²) in [6.07, 6.45) is 16.3. The Morgan fingerprint density at radius 2 is 1.69 bits per heavy atom. The van der Waals surface area contributed by atoms with Crippen molar-refractivity contribution in [2.45, 2.75) is 145 Å². The Kier molecular flexibility index (Phi) is 11.9. The number of carbonyl (C=O) groups is 2. The molecule has 2 saturated heterocycles. The topological polar surface area (TPSA) is 130 Å². The Morgan fingerprint density at radius 3 is 2.25 bits per heavy atom. The number of benzene rings is 1. The minimum absolute atomic E-state index is 0.0142. The molecular formula is C39H58N6O5S. The van der Waals surface area contributed by atoms with Crippen LogP contribution in [0.1, 0.15) is 122 Å². The largest absolute Gasteiger partial charge is 0.353 e. The predicted octanol–water partition coefficient (Wildman–Crippen LogP) is 6.40. The van der Waals surface area contributed by atoms with Gasteiger partial charge in [-0.2, -0.15) is 8.42 Å². The summed E-state index contributed by atoms with van der Waals surface area (Å²) in [7, 11) is -2.17. The van der Waals surface area contributed by atoms with Crippen molar-refractivity contribution in [3.8, 4) is 0 Å². The van der Waals surface area contributed by atoms with Gasteiger partial charge in [-0.1, -0.05) is 19.1 Å². The SMILES string of the molecule is CCC(CC(CC(CC(C)n1ccc(CC(=O)NC2CC(C)(C)N(C)C(C)(C)C2)c1)c1ccc(S(=O)(=O)O)cc1)N1CCCC1=O)n1ccnc1. The molecule has 4 heterocycles. The van der Waals surface area contributed by atoms with Crippen LogP contribution in [0.5, 0.6) is 0 Å². The zero-order chi connectivity index (χ0) is 37.1. The van der Waals surface area contributed by atoms with Gasteiger partial charge in [-0.25, -0.2) is 4.98 Å². The zero-order valence-corrected chi connectivity index (χ0v) is 32.3. The lowest BCUT2D eigenvalue weighted by Gasteiger charge is -2.53. The summed E-state index contributed by atoms with van der Waals surface area (Å²) in [6, 6.07) is 8.81. The van der Waals surface area contributed by atoms with Gasteiger partial charge in [0.1, 0.15) is 0 Å². The second-order valence-corrected chi connectivity index (χ2v) is 17.6. The van der Waals surface area contributed by atoms with Crippen LogP contribution in [0.25, 0.3) is 0 Å². The Balaban J connectivity index is 1.33. The minimum atomic E-state index is -4.33. The average molecular weight is 723 g/mol. The summed E-state index contributed by atoms with van der Waals surface area (Å²) in [4.78, 5) is 35.0. The van der Waals surface area contributed by atoms with Crippen molar-refractivity contribution in [3.05, 3.63) is 72.6 Å². The number of imidazole rings is 1. The molecule has 0 saturated carbocycles. The van der Waals surface area contributed by atoms with Gasteiger partial charge < -0.3 is 19.4 Å². The van der Waals surface area contributed by atoms with E-state index in [-0.39, 0.29) is 57.9 Å². The fraction of sp³-hybridized carbons (Fsp3) is 0.615. The van der Waals surface area contributed by atoms with Gasteiger partial charge in [0.15, 0.2) is 0 Å². The number of nitrogens with zero attached hydrogens (tertiary/aromatic N) is 5. The van der Waals surface area contributed by atoms with Crippen molar-refractivity contribution in [2.24, 2.45) is 0 Å². The van der Waals surface area contributed by atoms with Crippen molar-refractivity contribution in [2.75, 3.05) is 13.6 Å². The zero-order valence-electron chi connectivity index (χ0n) is 31.5. The van der Waals surface area contributed by atoms with Gasteiger partial charge in [0.05, 0.1) is 17.6 Å². The number of hydrogen-bond donors (Lipinski definition) is 2. The monoisotopic (exact) mass is 722 g/mol. The molecule has 2 fully saturated rings. The van der Waals surface area contributed by atoms with Crippen LogP contribution in [-0.2, 0) is 26.1 Å². The van der Waals surface area contributed by atoms with Crippen molar-refractivity contribution in [3.63, 3.8) is 0 Å². The van der Waals surface area contributed by atoms with E-state index in [0.717, 1.165) is 56.2 Å². The third-order valence-electron chi connectivity index (χ3n) is 11.7. The molecule has 0 spiro atoms. The van der Waals surface area contributed by atoms with E-state index >= 15 is 0 Å². The molecule has 2 aromatic heterocycles. The maximum absolute atomic E-state index is 13.3. The van der Waals surface area contributed by atoms with E-state index in [1.165, 1.54) is 12.1 Å². The van der Waals surface area contributed by atoms with Crippen LogP contribution >= 0.6 is 0 Å². The first-order valence-corrected chi connectivity index (χ1v) is 19.9. The number of nitrogens with one attached hydrogen (secondary N) is 1. The van der Waals surface area contributed by atoms with Gasteiger partial charge in [-0.05, 0) is 122 Å². The fourth-order valence-corrected chi connectivity index (χ4v) is 9.10. The van der Waals surface area contributed by atoms with E-state index in [9.17, 15) is 22.6 Å². The van der Waals surface area contributed by atoms with Crippen LogP contribution in [0.3, 0.4) is 0 Å². The lowest BCUT2D eigenvalue weighted by Crippen LogP contribution is -2.62. The number of amides is 2. The first kappa shape index (κ1) is 38.7. The maximum atomic E-state index is 13.3. The third-order valence-corrected chi connectivity index (χ3v) is 12.5. The lowest BCUT2D eigenvalue weighted by molar-refractivity contribution is -0.130. The minimum Gasteiger partial charge on any atom is -0.353 e. The van der Waals surface area contributed by atoms with E-state index in [0.29, 0.717) is 19.3 Å². The number of likely N-dealkylation sites (tertiary alicyclic amines) is 2. The molecule has 0 aliphatic carbocycles.